The van der Waals surface area contributed by atoms with E-state index in [1.165, 1.54) is 15.9 Å². The minimum absolute atomic E-state index is 0. The Morgan fingerprint density at radius 3 is 1.43 bits per heavy atom. The van der Waals surface area contributed by atoms with Gasteiger partial charge in [0.25, 0.3) is 0 Å². The second-order valence-corrected chi connectivity index (χ2v) is 12.8. The number of fused-ring (bicyclic) bond motifs is 2. The first-order chi connectivity index (χ1) is 22.0. The summed E-state index contributed by atoms with van der Waals surface area (Å²) in [5.74, 6) is 1.42. The van der Waals surface area contributed by atoms with Crippen molar-refractivity contribution in [2.75, 3.05) is 0 Å². The SMILES string of the molecule is C.NCc1cc2cc(Cl)ccc2o1.[N-]=[N+]=NCc1cc2cc(Cl)ccc2o1.c1ccc(P(c2ccccc2)c2ccccc2)cc1. The number of furan rings is 2. The molecule has 0 saturated heterocycles. The van der Waals surface area contributed by atoms with Gasteiger partial charge in [0.05, 0.1) is 13.1 Å². The molecule has 0 unspecified atom stereocenters. The summed E-state index contributed by atoms with van der Waals surface area (Å²) >= 11 is 11.6. The van der Waals surface area contributed by atoms with Gasteiger partial charge in [-0.05, 0) is 77.9 Å². The second-order valence-electron chi connectivity index (χ2n) is 9.72. The van der Waals surface area contributed by atoms with Gasteiger partial charge >= 0.3 is 0 Å². The summed E-state index contributed by atoms with van der Waals surface area (Å²) in [7, 11) is -0.446. The van der Waals surface area contributed by atoms with Crippen LogP contribution in [0.25, 0.3) is 32.4 Å². The molecule has 0 spiro atoms. The molecular weight excluding hydrogens is 634 g/mol. The normalized spacial score (nSPS) is 10.3. The molecule has 2 heterocycles. The number of rotatable bonds is 6. The van der Waals surface area contributed by atoms with Gasteiger partial charge < -0.3 is 14.6 Å². The molecule has 7 rings (SSSR count). The van der Waals surface area contributed by atoms with Gasteiger partial charge in [0.1, 0.15) is 22.7 Å². The van der Waals surface area contributed by atoms with Crippen molar-refractivity contribution >= 4 is 69.0 Å². The largest absolute Gasteiger partial charge is 0.461 e. The van der Waals surface area contributed by atoms with Crippen LogP contribution in [0.4, 0.5) is 0 Å². The smallest absolute Gasteiger partial charge is 0.134 e. The first kappa shape index (κ1) is 34.3. The molecule has 46 heavy (non-hydrogen) atoms. The zero-order chi connectivity index (χ0) is 31.4. The summed E-state index contributed by atoms with van der Waals surface area (Å²) in [6, 6.07) is 46.9. The van der Waals surface area contributed by atoms with E-state index in [2.05, 4.69) is 101 Å². The molecule has 2 aromatic heterocycles. The Morgan fingerprint density at radius 1 is 0.609 bits per heavy atom. The molecule has 0 atom stereocenters. The molecule has 2 N–H and O–H groups in total. The van der Waals surface area contributed by atoms with Gasteiger partial charge in [-0.1, -0.05) is 127 Å². The molecule has 5 aromatic carbocycles. The summed E-state index contributed by atoms with van der Waals surface area (Å²) < 4.78 is 10.8. The molecule has 7 aromatic rings. The van der Waals surface area contributed by atoms with Crippen molar-refractivity contribution in [1.82, 2.24) is 0 Å². The first-order valence-electron chi connectivity index (χ1n) is 14.1. The molecular formula is C37H33Cl2N4O2P. The molecule has 232 valence electrons. The van der Waals surface area contributed by atoms with Crippen LogP contribution in [0.5, 0.6) is 0 Å². The highest BCUT2D eigenvalue weighted by molar-refractivity contribution is 7.79. The van der Waals surface area contributed by atoms with Gasteiger partial charge in [-0.25, -0.2) is 0 Å². The van der Waals surface area contributed by atoms with Gasteiger partial charge in [-0.3, -0.25) is 0 Å². The van der Waals surface area contributed by atoms with Crippen molar-refractivity contribution in [3.05, 3.63) is 172 Å². The predicted octanol–water partition coefficient (Wildman–Crippen LogP) is 10.5. The third kappa shape index (κ3) is 9.24. The zero-order valence-electron chi connectivity index (χ0n) is 24.1. The van der Waals surface area contributed by atoms with Gasteiger partial charge in [0.15, 0.2) is 0 Å². The molecule has 0 aliphatic carbocycles. The third-order valence-electron chi connectivity index (χ3n) is 6.59. The van der Waals surface area contributed by atoms with Crippen LogP contribution in [0.1, 0.15) is 18.9 Å². The predicted molar refractivity (Wildman–Crippen MR) is 195 cm³/mol. The van der Waals surface area contributed by atoms with E-state index in [0.29, 0.717) is 22.4 Å². The standard InChI is InChI=1S/C18H15P.C9H6ClN3O.C9H8ClNO.CH4/c1-4-10-16(11-5-1)19(17-12-6-2-7-13-17)18-14-8-3-9-15-18;10-7-1-2-9-6(3-7)4-8(14-9)5-12-13-11;10-7-1-2-9-6(3-7)4-8(5-11)12-9;/h1-15H;1-4H,5H2;1-4H,5,11H2;1H4. The highest BCUT2D eigenvalue weighted by Gasteiger charge is 2.15. The Morgan fingerprint density at radius 2 is 1.02 bits per heavy atom. The van der Waals surface area contributed by atoms with Gasteiger partial charge in [-0.15, -0.1) is 0 Å². The maximum absolute atomic E-state index is 8.14. The van der Waals surface area contributed by atoms with E-state index in [4.69, 9.17) is 43.3 Å². The fourth-order valence-corrected chi connectivity index (χ4v) is 7.26. The van der Waals surface area contributed by atoms with E-state index in [1.807, 2.05) is 24.3 Å². The van der Waals surface area contributed by atoms with E-state index in [1.54, 1.807) is 24.3 Å². The van der Waals surface area contributed by atoms with E-state index in [0.717, 1.165) is 27.7 Å². The van der Waals surface area contributed by atoms with Gasteiger partial charge in [0.2, 0.25) is 0 Å². The molecule has 6 nitrogen and oxygen atoms in total. The van der Waals surface area contributed by atoms with E-state index >= 15 is 0 Å². The highest BCUT2D eigenvalue weighted by atomic mass is 35.5. The van der Waals surface area contributed by atoms with Crippen LogP contribution < -0.4 is 21.6 Å². The third-order valence-corrected chi connectivity index (χ3v) is 9.51. The van der Waals surface area contributed by atoms with Crippen LogP contribution >= 0.6 is 31.1 Å². The molecule has 0 radical (unpaired) electrons. The molecule has 0 aliphatic heterocycles. The Bertz CT molecular complexity index is 1920. The van der Waals surface area contributed by atoms with Crippen LogP contribution in [0.15, 0.2) is 153 Å². The highest BCUT2D eigenvalue weighted by Crippen LogP contribution is 2.32. The maximum Gasteiger partial charge on any atom is 0.134 e. The fraction of sp³-hybridized carbons (Fsp3) is 0.0811. The Balaban J connectivity index is 0.000000160. The molecule has 0 fully saturated rings. The van der Waals surface area contributed by atoms with Crippen LogP contribution in [-0.2, 0) is 13.1 Å². The average molecular weight is 668 g/mol. The Kier molecular flexibility index (Phi) is 12.9. The number of hydrogen-bond acceptors (Lipinski definition) is 4. The van der Waals surface area contributed by atoms with Crippen molar-refractivity contribution in [2.45, 2.75) is 20.5 Å². The summed E-state index contributed by atoms with van der Waals surface area (Å²) in [6.07, 6.45) is 0. The summed E-state index contributed by atoms with van der Waals surface area (Å²) in [5.41, 5.74) is 15.1. The monoisotopic (exact) mass is 666 g/mol. The van der Waals surface area contributed by atoms with E-state index < -0.39 is 7.92 Å². The number of nitrogens with two attached hydrogens (primary N) is 1. The second kappa shape index (κ2) is 17.2. The van der Waals surface area contributed by atoms with Crippen LogP contribution in [0.3, 0.4) is 0 Å². The minimum Gasteiger partial charge on any atom is -0.461 e. The van der Waals surface area contributed by atoms with Gasteiger partial charge in [-0.2, -0.15) is 0 Å². The molecule has 9 heteroatoms. The number of azide groups is 1. The van der Waals surface area contributed by atoms with E-state index in [-0.39, 0.29) is 14.0 Å². The maximum atomic E-state index is 8.14. The van der Waals surface area contributed by atoms with Gasteiger partial charge in [0, 0.05) is 25.7 Å². The fourth-order valence-electron chi connectivity index (χ4n) is 4.60. The Hall–Kier alpha value is -4.54. The van der Waals surface area contributed by atoms with Crippen molar-refractivity contribution in [1.29, 1.82) is 0 Å². The molecule has 0 aliphatic rings. The lowest BCUT2D eigenvalue weighted by atomic mass is 10.2. The molecule has 0 saturated carbocycles. The number of benzene rings is 5. The van der Waals surface area contributed by atoms with Crippen LogP contribution in [0.2, 0.25) is 10.0 Å². The lowest BCUT2D eigenvalue weighted by Gasteiger charge is -2.18. The number of hydrogen-bond donors (Lipinski definition) is 1. The lowest BCUT2D eigenvalue weighted by molar-refractivity contribution is 0.552. The molecule has 0 amide bonds. The topological polar surface area (TPSA) is 101 Å². The minimum atomic E-state index is -0.446. The van der Waals surface area contributed by atoms with Crippen molar-refractivity contribution in [3.63, 3.8) is 0 Å². The summed E-state index contributed by atoms with van der Waals surface area (Å²) in [4.78, 5) is 2.66. The quantitative estimate of drug-likeness (QED) is 0.0826. The van der Waals surface area contributed by atoms with Crippen molar-refractivity contribution in [2.24, 2.45) is 10.8 Å². The number of halogens is 2. The first-order valence-corrected chi connectivity index (χ1v) is 16.2. The summed E-state index contributed by atoms with van der Waals surface area (Å²) in [6.45, 7) is 0.648. The van der Waals surface area contributed by atoms with Crippen LogP contribution in [0, 0.1) is 0 Å². The van der Waals surface area contributed by atoms with Crippen LogP contribution in [-0.4, -0.2) is 0 Å². The van der Waals surface area contributed by atoms with E-state index in [9.17, 15) is 0 Å². The zero-order valence-corrected chi connectivity index (χ0v) is 26.5. The van der Waals surface area contributed by atoms with Crippen molar-refractivity contribution < 1.29 is 8.83 Å². The Labute approximate surface area is 279 Å². The number of nitrogens with zero attached hydrogens (tertiary/aromatic N) is 3. The molecule has 0 bridgehead atoms. The van der Waals surface area contributed by atoms with Crippen molar-refractivity contribution in [3.8, 4) is 0 Å². The average Bonchev–Trinajstić information content (AvgIpc) is 3.69. The lowest BCUT2D eigenvalue weighted by Crippen LogP contribution is -2.20. The summed E-state index contributed by atoms with van der Waals surface area (Å²) in [5, 5.41) is 10.9.